The number of alkyl carbamates (subject to hydrolysis) is 1. The van der Waals surface area contributed by atoms with E-state index in [0.29, 0.717) is 25.6 Å². The third-order valence-electron chi connectivity index (χ3n) is 8.26. The highest BCUT2D eigenvalue weighted by Gasteiger charge is 2.45. The van der Waals surface area contributed by atoms with Crippen LogP contribution in [0.4, 0.5) is 4.79 Å². The van der Waals surface area contributed by atoms with Gasteiger partial charge in [-0.1, -0.05) is 44.2 Å². The van der Waals surface area contributed by atoms with Crippen LogP contribution in [0.15, 0.2) is 30.3 Å². The molecule has 10 nitrogen and oxygen atoms in total. The van der Waals surface area contributed by atoms with Gasteiger partial charge in [0.1, 0.15) is 17.4 Å². The van der Waals surface area contributed by atoms with Crippen LogP contribution in [0.2, 0.25) is 0 Å². The lowest BCUT2D eigenvalue weighted by molar-refractivity contribution is -0.131. The Morgan fingerprint density at radius 1 is 1.10 bits per heavy atom. The summed E-state index contributed by atoms with van der Waals surface area (Å²) in [5.41, 5.74) is 0.548. The Bertz CT molecular complexity index is 1150. The summed E-state index contributed by atoms with van der Waals surface area (Å²) in [6.45, 7) is 11.8. The van der Waals surface area contributed by atoms with Gasteiger partial charge in [-0.15, -0.1) is 0 Å². The van der Waals surface area contributed by atoms with Crippen molar-refractivity contribution in [2.45, 2.75) is 101 Å². The minimum absolute atomic E-state index is 0.00524. The number of benzene rings is 1. The topological polar surface area (TPSA) is 128 Å². The van der Waals surface area contributed by atoms with Crippen molar-refractivity contribution < 1.29 is 27.9 Å². The lowest BCUT2D eigenvalue weighted by Crippen LogP contribution is -2.63. The van der Waals surface area contributed by atoms with E-state index in [9.17, 15) is 23.1 Å². The molecular formula is C30H48N4O6S. The van der Waals surface area contributed by atoms with E-state index in [1.54, 1.807) is 0 Å². The number of rotatable bonds is 10. The van der Waals surface area contributed by atoms with Gasteiger partial charge < -0.3 is 20.5 Å². The molecule has 3 fully saturated rings. The maximum atomic E-state index is 13.4. The third kappa shape index (κ3) is 8.65. The van der Waals surface area contributed by atoms with E-state index in [4.69, 9.17) is 4.74 Å². The maximum absolute atomic E-state index is 13.4. The molecule has 3 N–H and O–H groups in total. The molecular weight excluding hydrogens is 544 g/mol. The molecule has 0 spiro atoms. The number of nitrogens with one attached hydrogen (secondary N) is 2. The smallest absolute Gasteiger partial charge is 0.407 e. The molecule has 2 aliphatic heterocycles. The van der Waals surface area contributed by atoms with Gasteiger partial charge in [0, 0.05) is 37.8 Å². The van der Waals surface area contributed by atoms with E-state index in [1.165, 1.54) is 0 Å². The molecule has 1 saturated carbocycles. The molecule has 11 heteroatoms. The molecule has 5 atom stereocenters. The lowest BCUT2D eigenvalue weighted by atomic mass is 9.99. The molecule has 0 unspecified atom stereocenters. The van der Waals surface area contributed by atoms with Crippen LogP contribution < -0.4 is 10.6 Å². The summed E-state index contributed by atoms with van der Waals surface area (Å²) < 4.78 is 30.7. The van der Waals surface area contributed by atoms with Gasteiger partial charge in [-0.25, -0.2) is 13.2 Å². The summed E-state index contributed by atoms with van der Waals surface area (Å²) in [6, 6.07) is 8.98. The number of aliphatic hydroxyl groups excluding tert-OH is 1. The number of sulfone groups is 1. The SMILES string of the molecule is CC(C)[C@@H]1[C@H](OC(=O)N[C@@H](Cc2ccccc2)[C@H](O)CN2CCN(C3CC3)C[C@H]2C(=O)NC(C)(C)C)CCS1(=O)=O. The van der Waals surface area contributed by atoms with Crippen LogP contribution in [0.25, 0.3) is 0 Å². The molecule has 1 aliphatic carbocycles. The van der Waals surface area contributed by atoms with Gasteiger partial charge in [-0.3, -0.25) is 14.6 Å². The minimum Gasteiger partial charge on any atom is -0.445 e. The average molecular weight is 593 g/mol. The van der Waals surface area contributed by atoms with Crippen molar-refractivity contribution in [3.05, 3.63) is 35.9 Å². The van der Waals surface area contributed by atoms with Crippen molar-refractivity contribution in [2.75, 3.05) is 31.9 Å². The number of β-amino-alcohol motifs (C(OH)–C–C–N with tert-alkyl or cyclic N) is 1. The molecule has 4 rings (SSSR count). The minimum atomic E-state index is -3.33. The zero-order valence-corrected chi connectivity index (χ0v) is 25.9. The van der Waals surface area contributed by atoms with Gasteiger partial charge in [0.15, 0.2) is 9.84 Å². The van der Waals surface area contributed by atoms with Gasteiger partial charge in [-0.2, -0.15) is 0 Å². The van der Waals surface area contributed by atoms with Gasteiger partial charge >= 0.3 is 6.09 Å². The van der Waals surface area contributed by atoms with Crippen molar-refractivity contribution in [3.63, 3.8) is 0 Å². The molecule has 230 valence electrons. The third-order valence-corrected chi connectivity index (χ3v) is 10.7. The Hall–Kier alpha value is -2.21. The number of amides is 2. The first-order valence-electron chi connectivity index (χ1n) is 14.9. The fourth-order valence-electron chi connectivity index (χ4n) is 6.16. The van der Waals surface area contributed by atoms with Crippen molar-refractivity contribution in [3.8, 4) is 0 Å². The zero-order valence-electron chi connectivity index (χ0n) is 25.1. The predicted octanol–water partition coefficient (Wildman–Crippen LogP) is 1.96. The van der Waals surface area contributed by atoms with Gasteiger partial charge in [0.25, 0.3) is 0 Å². The van der Waals surface area contributed by atoms with Crippen molar-refractivity contribution in [1.29, 1.82) is 0 Å². The Morgan fingerprint density at radius 3 is 2.39 bits per heavy atom. The Kier molecular flexibility index (Phi) is 10.0. The van der Waals surface area contributed by atoms with Gasteiger partial charge in [0.05, 0.1) is 17.9 Å². The van der Waals surface area contributed by atoms with E-state index in [1.807, 2.05) is 69.9 Å². The van der Waals surface area contributed by atoms with Crippen LogP contribution in [0.3, 0.4) is 0 Å². The Morgan fingerprint density at radius 2 is 1.78 bits per heavy atom. The number of piperazine rings is 1. The van der Waals surface area contributed by atoms with Crippen molar-refractivity contribution >= 4 is 21.8 Å². The van der Waals surface area contributed by atoms with E-state index >= 15 is 0 Å². The molecule has 1 aromatic rings. The molecule has 1 aromatic carbocycles. The summed E-state index contributed by atoms with van der Waals surface area (Å²) >= 11 is 0. The van der Waals surface area contributed by atoms with Crippen LogP contribution in [0, 0.1) is 5.92 Å². The summed E-state index contributed by atoms with van der Waals surface area (Å²) in [6.07, 6.45) is 0.472. The number of nitrogens with zero attached hydrogens (tertiary/aromatic N) is 2. The molecule has 3 aliphatic rings. The normalized spacial score (nSPS) is 26.9. The number of hydrogen-bond donors (Lipinski definition) is 3. The fourth-order valence-corrected chi connectivity index (χ4v) is 8.47. The second-order valence-corrected chi connectivity index (χ2v) is 15.6. The number of aliphatic hydroxyl groups is 1. The van der Waals surface area contributed by atoms with Gasteiger partial charge in [0.2, 0.25) is 5.91 Å². The molecule has 2 saturated heterocycles. The molecule has 0 radical (unpaired) electrons. The Balaban J connectivity index is 1.47. The summed E-state index contributed by atoms with van der Waals surface area (Å²) in [5.74, 6) is -0.255. The average Bonchev–Trinajstić information content (AvgIpc) is 3.67. The molecule has 2 heterocycles. The van der Waals surface area contributed by atoms with Crippen LogP contribution in [-0.4, -0.2) is 108 Å². The van der Waals surface area contributed by atoms with Crippen molar-refractivity contribution in [2.24, 2.45) is 5.92 Å². The quantitative estimate of drug-likeness (QED) is 0.376. The zero-order chi connectivity index (χ0) is 29.9. The highest BCUT2D eigenvalue weighted by atomic mass is 32.2. The fraction of sp³-hybridized carbons (Fsp3) is 0.733. The maximum Gasteiger partial charge on any atom is 0.407 e. The first kappa shape index (κ1) is 31.7. The first-order valence-corrected chi connectivity index (χ1v) is 16.7. The summed E-state index contributed by atoms with van der Waals surface area (Å²) in [5, 5.41) is 16.7. The number of hydrogen-bond acceptors (Lipinski definition) is 8. The monoisotopic (exact) mass is 592 g/mol. The molecule has 41 heavy (non-hydrogen) atoms. The van der Waals surface area contributed by atoms with E-state index < -0.39 is 45.5 Å². The first-order chi connectivity index (χ1) is 19.2. The van der Waals surface area contributed by atoms with Crippen LogP contribution in [0.1, 0.15) is 59.4 Å². The highest BCUT2D eigenvalue weighted by Crippen LogP contribution is 2.30. The van der Waals surface area contributed by atoms with Crippen LogP contribution in [0.5, 0.6) is 0 Å². The number of ether oxygens (including phenoxy) is 1. The summed E-state index contributed by atoms with van der Waals surface area (Å²) in [4.78, 5) is 30.9. The van der Waals surface area contributed by atoms with Crippen LogP contribution in [-0.2, 0) is 25.8 Å². The van der Waals surface area contributed by atoms with Crippen molar-refractivity contribution in [1.82, 2.24) is 20.4 Å². The largest absolute Gasteiger partial charge is 0.445 e. The molecule has 2 amide bonds. The van der Waals surface area contributed by atoms with E-state index in [-0.39, 0.29) is 36.1 Å². The number of carbonyl (C=O) groups excluding carboxylic acids is 2. The highest BCUT2D eigenvalue weighted by molar-refractivity contribution is 7.92. The van der Waals surface area contributed by atoms with Gasteiger partial charge in [-0.05, 0) is 57.9 Å². The predicted molar refractivity (Wildman–Crippen MR) is 158 cm³/mol. The Labute approximate surface area is 245 Å². The van der Waals surface area contributed by atoms with E-state index in [2.05, 4.69) is 15.5 Å². The molecule has 0 bridgehead atoms. The molecule has 0 aromatic heterocycles. The second-order valence-electron chi connectivity index (χ2n) is 13.3. The number of carbonyl (C=O) groups is 2. The lowest BCUT2D eigenvalue weighted by Gasteiger charge is -2.43. The second kappa shape index (κ2) is 13.0. The summed E-state index contributed by atoms with van der Waals surface area (Å²) in [7, 11) is -3.33. The van der Waals surface area contributed by atoms with E-state index in [0.717, 1.165) is 24.9 Å². The van der Waals surface area contributed by atoms with Crippen LogP contribution >= 0.6 is 0 Å². The standard InChI is InChI=1S/C30H48N4O6S/c1-20(2)27-26(13-16-41(27,38)39)40-29(37)31-23(17-21-9-7-6-8-10-21)25(35)19-34-15-14-33(22-11-12-22)18-24(34)28(36)32-30(3,4)5/h6-10,20,22-27,35H,11-19H2,1-5H3,(H,31,37)(H,32,36)/t23-,24-,25+,26+,27+/m0/s1.